The molecule has 0 aliphatic carbocycles. The van der Waals surface area contributed by atoms with E-state index in [0.717, 1.165) is 25.7 Å². The van der Waals surface area contributed by atoms with Crippen molar-refractivity contribution >= 4 is 5.97 Å². The number of rotatable bonds is 30. The van der Waals surface area contributed by atoms with E-state index in [2.05, 4.69) is 13.8 Å². The van der Waals surface area contributed by atoms with E-state index in [9.17, 15) is 9.90 Å². The van der Waals surface area contributed by atoms with E-state index in [-0.39, 0.29) is 12.6 Å². The summed E-state index contributed by atoms with van der Waals surface area (Å²) < 4.78 is 5.29. The number of hydrogen-bond donors (Lipinski definition) is 2. The lowest BCUT2D eigenvalue weighted by Crippen LogP contribution is -2.38. The number of allylic oxidation sites excluding steroid dienone is 1. The minimum absolute atomic E-state index is 0.0846. The van der Waals surface area contributed by atoms with Crippen molar-refractivity contribution in [2.24, 2.45) is 5.73 Å². The lowest BCUT2D eigenvalue weighted by atomic mass is 10.0. The Morgan fingerprint density at radius 2 is 1.00 bits per heavy atom. The molecule has 2 unspecified atom stereocenters. The summed E-state index contributed by atoms with van der Waals surface area (Å²) in [5.74, 6) is -0.194. The van der Waals surface area contributed by atoms with Crippen molar-refractivity contribution in [2.75, 3.05) is 6.61 Å². The number of unbranched alkanes of at least 4 members (excludes halogenated alkanes) is 23. The van der Waals surface area contributed by atoms with Crippen LogP contribution in [-0.2, 0) is 9.53 Å². The summed E-state index contributed by atoms with van der Waals surface area (Å²) in [6, 6.07) is -0.556. The molecule has 0 heterocycles. The minimum Gasteiger partial charge on any atom is -0.464 e. The highest BCUT2D eigenvalue weighted by molar-refractivity contribution is 5.69. The summed E-state index contributed by atoms with van der Waals surface area (Å²) in [6.07, 6.45) is 36.0. The summed E-state index contributed by atoms with van der Waals surface area (Å²) >= 11 is 0. The van der Waals surface area contributed by atoms with Crippen molar-refractivity contribution in [1.29, 1.82) is 0 Å². The van der Waals surface area contributed by atoms with E-state index in [1.165, 1.54) is 135 Å². The van der Waals surface area contributed by atoms with Gasteiger partial charge in [0, 0.05) is 6.42 Å². The lowest BCUT2D eigenvalue weighted by Gasteiger charge is -2.15. The fraction of sp³-hybridized carbons (Fsp3) is 0.912. The van der Waals surface area contributed by atoms with Crippen LogP contribution >= 0.6 is 0 Å². The molecule has 4 heteroatoms. The molecule has 4 nitrogen and oxygen atoms in total. The third kappa shape index (κ3) is 28.1. The van der Waals surface area contributed by atoms with Crippen molar-refractivity contribution in [3.8, 4) is 0 Å². The second-order valence-corrected chi connectivity index (χ2v) is 11.6. The first-order valence-electron chi connectivity index (χ1n) is 16.9. The van der Waals surface area contributed by atoms with Gasteiger partial charge in [0.1, 0.15) is 6.61 Å². The molecule has 0 aliphatic heterocycles. The molecule has 0 bridgehead atoms. The highest BCUT2D eigenvalue weighted by Gasteiger charge is 2.14. The van der Waals surface area contributed by atoms with Gasteiger partial charge in [-0.3, -0.25) is 4.79 Å². The molecular formula is C34H67NO3. The highest BCUT2D eigenvalue weighted by atomic mass is 16.5. The molecule has 0 rings (SSSR count). The van der Waals surface area contributed by atoms with Gasteiger partial charge < -0.3 is 15.6 Å². The van der Waals surface area contributed by atoms with Crippen LogP contribution in [0.5, 0.6) is 0 Å². The van der Waals surface area contributed by atoms with Gasteiger partial charge in [0.05, 0.1) is 12.1 Å². The Labute approximate surface area is 238 Å². The van der Waals surface area contributed by atoms with Crippen molar-refractivity contribution in [3.63, 3.8) is 0 Å². The molecule has 0 aromatic rings. The topological polar surface area (TPSA) is 72.6 Å². The van der Waals surface area contributed by atoms with E-state index >= 15 is 0 Å². The zero-order chi connectivity index (χ0) is 27.9. The Morgan fingerprint density at radius 3 is 1.42 bits per heavy atom. The molecule has 0 saturated carbocycles. The van der Waals surface area contributed by atoms with E-state index in [0.29, 0.717) is 6.42 Å². The Kier molecular flexibility index (Phi) is 30.0. The van der Waals surface area contributed by atoms with Gasteiger partial charge in [0.15, 0.2) is 0 Å². The number of carbonyl (C=O) groups excluding carboxylic acids is 1. The van der Waals surface area contributed by atoms with Gasteiger partial charge in [-0.15, -0.1) is 0 Å². The molecule has 0 aromatic heterocycles. The number of aliphatic hydroxyl groups is 1. The zero-order valence-electron chi connectivity index (χ0n) is 25.7. The summed E-state index contributed by atoms with van der Waals surface area (Å²) in [4.78, 5) is 12.0. The quantitative estimate of drug-likeness (QED) is 0.0543. The summed E-state index contributed by atoms with van der Waals surface area (Å²) in [5, 5.41) is 10.2. The van der Waals surface area contributed by atoms with E-state index in [4.69, 9.17) is 10.5 Å². The predicted molar refractivity (Wildman–Crippen MR) is 165 cm³/mol. The van der Waals surface area contributed by atoms with Gasteiger partial charge in [-0.25, -0.2) is 0 Å². The smallest absolute Gasteiger partial charge is 0.305 e. The maximum atomic E-state index is 12.0. The maximum Gasteiger partial charge on any atom is 0.305 e. The second kappa shape index (κ2) is 30.7. The lowest BCUT2D eigenvalue weighted by molar-refractivity contribution is -0.144. The van der Waals surface area contributed by atoms with Crippen molar-refractivity contribution < 1.29 is 14.6 Å². The normalized spacial score (nSPS) is 13.3. The van der Waals surface area contributed by atoms with Crippen LogP contribution < -0.4 is 5.73 Å². The molecule has 2 atom stereocenters. The van der Waals surface area contributed by atoms with E-state index in [1.54, 1.807) is 6.08 Å². The average Bonchev–Trinajstić information content (AvgIpc) is 2.92. The SMILES string of the molecule is CCCCCCCCCCCCC/C=C/C(O)C(N)COC(=O)CCCCCCCCCCCCCCC. The molecule has 0 saturated heterocycles. The molecule has 226 valence electrons. The molecule has 0 aliphatic rings. The fourth-order valence-electron chi connectivity index (χ4n) is 4.95. The molecule has 0 fully saturated rings. The van der Waals surface area contributed by atoms with Crippen LogP contribution in [0.4, 0.5) is 0 Å². The third-order valence-corrected chi connectivity index (χ3v) is 7.67. The Balaban J connectivity index is 3.48. The fourth-order valence-corrected chi connectivity index (χ4v) is 4.95. The van der Waals surface area contributed by atoms with Gasteiger partial charge in [-0.05, 0) is 19.3 Å². The zero-order valence-corrected chi connectivity index (χ0v) is 25.7. The van der Waals surface area contributed by atoms with Crippen LogP contribution in [0, 0.1) is 0 Å². The van der Waals surface area contributed by atoms with Gasteiger partial charge in [0.25, 0.3) is 0 Å². The van der Waals surface area contributed by atoms with Gasteiger partial charge in [-0.1, -0.05) is 167 Å². The van der Waals surface area contributed by atoms with Crippen LogP contribution in [0.15, 0.2) is 12.2 Å². The van der Waals surface area contributed by atoms with Crippen LogP contribution in [0.2, 0.25) is 0 Å². The van der Waals surface area contributed by atoms with Crippen molar-refractivity contribution in [3.05, 3.63) is 12.2 Å². The molecule has 0 amide bonds. The molecule has 38 heavy (non-hydrogen) atoms. The first kappa shape index (κ1) is 37.1. The summed E-state index contributed by atoms with van der Waals surface area (Å²) in [7, 11) is 0. The maximum absolute atomic E-state index is 12.0. The highest BCUT2D eigenvalue weighted by Crippen LogP contribution is 2.14. The number of aliphatic hydroxyl groups excluding tert-OH is 1. The van der Waals surface area contributed by atoms with Gasteiger partial charge in [-0.2, -0.15) is 0 Å². The first-order chi connectivity index (χ1) is 18.6. The van der Waals surface area contributed by atoms with E-state index in [1.807, 2.05) is 6.08 Å². The van der Waals surface area contributed by atoms with E-state index < -0.39 is 12.1 Å². The van der Waals surface area contributed by atoms with Crippen LogP contribution in [0.3, 0.4) is 0 Å². The Bertz CT molecular complexity index is 508. The summed E-state index contributed by atoms with van der Waals surface area (Å²) in [6.45, 7) is 4.62. The molecule has 0 spiro atoms. The molecule has 3 N–H and O–H groups in total. The number of esters is 1. The van der Waals surface area contributed by atoms with Gasteiger partial charge >= 0.3 is 5.97 Å². The molecular weight excluding hydrogens is 470 g/mol. The first-order valence-corrected chi connectivity index (χ1v) is 16.9. The van der Waals surface area contributed by atoms with Crippen molar-refractivity contribution in [1.82, 2.24) is 0 Å². The Hall–Kier alpha value is -0.870. The van der Waals surface area contributed by atoms with Gasteiger partial charge in [0.2, 0.25) is 0 Å². The molecule has 0 radical (unpaired) electrons. The number of ether oxygens (including phenoxy) is 1. The number of hydrogen-bond acceptors (Lipinski definition) is 4. The number of nitrogens with two attached hydrogens (primary N) is 1. The predicted octanol–water partition coefficient (Wildman–Crippen LogP) is 9.96. The third-order valence-electron chi connectivity index (χ3n) is 7.67. The van der Waals surface area contributed by atoms with Crippen LogP contribution in [0.1, 0.15) is 181 Å². The largest absolute Gasteiger partial charge is 0.464 e. The summed E-state index contributed by atoms with van der Waals surface area (Å²) in [5.41, 5.74) is 6.01. The Morgan fingerprint density at radius 1 is 0.632 bits per heavy atom. The number of carbonyl (C=O) groups is 1. The van der Waals surface area contributed by atoms with Crippen LogP contribution in [0.25, 0.3) is 0 Å². The monoisotopic (exact) mass is 538 g/mol. The average molecular weight is 538 g/mol. The second-order valence-electron chi connectivity index (χ2n) is 11.6. The molecule has 0 aromatic carbocycles. The van der Waals surface area contributed by atoms with Crippen LogP contribution in [-0.4, -0.2) is 29.8 Å². The standard InChI is InChI=1S/C34H67NO3/c1-3-5-7-9-11-13-15-17-19-21-23-25-27-29-33(36)32(35)31-38-34(37)30-28-26-24-22-20-18-16-14-12-10-8-6-4-2/h27,29,32-33,36H,3-26,28,30-31,35H2,1-2H3/b29-27+. The van der Waals surface area contributed by atoms with Crippen molar-refractivity contribution in [2.45, 2.75) is 193 Å². The minimum atomic E-state index is -0.758.